The van der Waals surface area contributed by atoms with Crippen molar-refractivity contribution in [2.24, 2.45) is 0 Å². The topological polar surface area (TPSA) is 45.1 Å². The predicted molar refractivity (Wildman–Crippen MR) is 74.3 cm³/mol. The van der Waals surface area contributed by atoms with Crippen LogP contribution in [0, 0.1) is 0 Å². The molecule has 0 spiro atoms. The van der Waals surface area contributed by atoms with Crippen molar-refractivity contribution >= 4 is 33.0 Å². The number of aromatic nitrogens is 1. The summed E-state index contributed by atoms with van der Waals surface area (Å²) in [5, 5.41) is 15.7. The lowest BCUT2D eigenvalue weighted by Crippen LogP contribution is -2.35. The highest BCUT2D eigenvalue weighted by Crippen LogP contribution is 2.30. The van der Waals surface area contributed by atoms with Crippen molar-refractivity contribution in [3.8, 4) is 0 Å². The molecule has 2 rings (SSSR count). The minimum Gasteiger partial charge on any atom is -0.393 e. The number of anilines is 1. The van der Waals surface area contributed by atoms with Gasteiger partial charge in [-0.25, -0.2) is 4.98 Å². The number of para-hydroxylation sites is 1. The van der Waals surface area contributed by atoms with Gasteiger partial charge in [-0.1, -0.05) is 12.1 Å². The summed E-state index contributed by atoms with van der Waals surface area (Å²) < 4.78 is 0.969. The van der Waals surface area contributed by atoms with Crippen molar-refractivity contribution in [3.05, 3.63) is 45.3 Å². The van der Waals surface area contributed by atoms with Crippen molar-refractivity contribution in [3.63, 3.8) is 0 Å². The van der Waals surface area contributed by atoms with Crippen LogP contribution in [0.2, 0.25) is 0 Å². The van der Waals surface area contributed by atoms with Gasteiger partial charge in [-0.05, 0) is 35.0 Å². The monoisotopic (exact) mass is 312 g/mol. The molecule has 3 nitrogen and oxygen atoms in total. The lowest BCUT2D eigenvalue weighted by molar-refractivity contribution is 0.223. The maximum atomic E-state index is 9.60. The van der Waals surface area contributed by atoms with E-state index in [2.05, 4.69) is 26.2 Å². The lowest BCUT2D eigenvalue weighted by atomic mass is 10.0. The standard InChI is InChI=1S/C12H13BrN2OS/c1-12(8-16,11-14-6-7-17-11)15-10-5-3-2-4-9(10)13/h2-7,15-16H,8H2,1H3. The molecule has 0 bridgehead atoms. The Morgan fingerprint density at radius 3 is 2.82 bits per heavy atom. The number of rotatable bonds is 4. The number of aliphatic hydroxyl groups excluding tert-OH is 1. The average Bonchev–Trinajstić information content (AvgIpc) is 2.86. The van der Waals surface area contributed by atoms with E-state index >= 15 is 0 Å². The smallest absolute Gasteiger partial charge is 0.120 e. The largest absolute Gasteiger partial charge is 0.393 e. The number of halogens is 1. The third-order valence-electron chi connectivity index (χ3n) is 2.50. The van der Waals surface area contributed by atoms with Gasteiger partial charge in [0, 0.05) is 21.7 Å². The van der Waals surface area contributed by atoms with Crippen LogP contribution in [0.15, 0.2) is 40.3 Å². The van der Waals surface area contributed by atoms with Crippen LogP contribution in [0.5, 0.6) is 0 Å². The van der Waals surface area contributed by atoms with E-state index in [1.54, 1.807) is 6.20 Å². The van der Waals surface area contributed by atoms with Crippen LogP contribution in [-0.4, -0.2) is 16.7 Å². The van der Waals surface area contributed by atoms with Gasteiger partial charge in [0.25, 0.3) is 0 Å². The van der Waals surface area contributed by atoms with Gasteiger partial charge in [0.2, 0.25) is 0 Å². The average molecular weight is 313 g/mol. The van der Waals surface area contributed by atoms with Crippen LogP contribution >= 0.6 is 27.3 Å². The quantitative estimate of drug-likeness (QED) is 0.911. The summed E-state index contributed by atoms with van der Waals surface area (Å²) in [7, 11) is 0. The summed E-state index contributed by atoms with van der Waals surface area (Å²) >= 11 is 5.01. The molecule has 1 aromatic carbocycles. The second kappa shape index (κ2) is 5.16. The van der Waals surface area contributed by atoms with Crippen molar-refractivity contribution < 1.29 is 5.11 Å². The minimum absolute atomic E-state index is 0.0121. The van der Waals surface area contributed by atoms with Gasteiger partial charge in [0.15, 0.2) is 0 Å². The minimum atomic E-state index is -0.558. The molecule has 1 unspecified atom stereocenters. The molecule has 0 aliphatic heterocycles. The van der Waals surface area contributed by atoms with Gasteiger partial charge in [0.1, 0.15) is 10.5 Å². The molecule has 0 saturated heterocycles. The number of thiazole rings is 1. The molecule has 0 fully saturated rings. The van der Waals surface area contributed by atoms with E-state index in [0.717, 1.165) is 15.2 Å². The van der Waals surface area contributed by atoms with Gasteiger partial charge in [-0.2, -0.15) is 0 Å². The molecule has 1 atom stereocenters. The highest BCUT2D eigenvalue weighted by molar-refractivity contribution is 9.10. The first-order valence-corrected chi connectivity index (χ1v) is 6.86. The van der Waals surface area contributed by atoms with Crippen molar-refractivity contribution in [2.45, 2.75) is 12.5 Å². The van der Waals surface area contributed by atoms with E-state index in [9.17, 15) is 5.11 Å². The van der Waals surface area contributed by atoms with Crippen molar-refractivity contribution in [2.75, 3.05) is 11.9 Å². The molecule has 1 heterocycles. The summed E-state index contributed by atoms with van der Waals surface area (Å²) in [6.45, 7) is 1.92. The predicted octanol–water partition coefficient (Wildman–Crippen LogP) is 3.23. The molecule has 5 heteroatoms. The molecule has 2 N–H and O–H groups in total. The normalized spacial score (nSPS) is 14.3. The van der Waals surface area contributed by atoms with Crippen LogP contribution in [0.25, 0.3) is 0 Å². The van der Waals surface area contributed by atoms with Gasteiger partial charge >= 0.3 is 0 Å². The lowest BCUT2D eigenvalue weighted by Gasteiger charge is -2.28. The van der Waals surface area contributed by atoms with Crippen LogP contribution in [0.4, 0.5) is 5.69 Å². The Balaban J connectivity index is 2.30. The maximum Gasteiger partial charge on any atom is 0.120 e. The zero-order valence-electron chi connectivity index (χ0n) is 9.35. The Morgan fingerprint density at radius 1 is 1.47 bits per heavy atom. The Bertz CT molecular complexity index is 489. The molecular weight excluding hydrogens is 300 g/mol. The van der Waals surface area contributed by atoms with E-state index in [-0.39, 0.29) is 6.61 Å². The number of nitrogens with one attached hydrogen (secondary N) is 1. The number of hydrogen-bond donors (Lipinski definition) is 2. The molecule has 0 aliphatic carbocycles. The zero-order chi connectivity index (χ0) is 12.3. The molecule has 0 radical (unpaired) electrons. The van der Waals surface area contributed by atoms with E-state index in [0.29, 0.717) is 0 Å². The maximum absolute atomic E-state index is 9.60. The Kier molecular flexibility index (Phi) is 3.81. The molecule has 2 aromatic rings. The molecule has 0 saturated carbocycles. The van der Waals surface area contributed by atoms with Crippen LogP contribution in [0.1, 0.15) is 11.9 Å². The van der Waals surface area contributed by atoms with Gasteiger partial charge in [-0.3, -0.25) is 0 Å². The van der Waals surface area contributed by atoms with E-state index < -0.39 is 5.54 Å². The SMILES string of the molecule is CC(CO)(Nc1ccccc1Br)c1nccs1. The van der Waals surface area contributed by atoms with E-state index in [4.69, 9.17) is 0 Å². The second-order valence-corrected chi connectivity index (χ2v) is 5.68. The first kappa shape index (κ1) is 12.5. The molecule has 90 valence electrons. The molecule has 1 aromatic heterocycles. The zero-order valence-corrected chi connectivity index (χ0v) is 11.8. The molecule has 0 amide bonds. The number of aliphatic hydroxyl groups is 1. The molecule has 17 heavy (non-hydrogen) atoms. The summed E-state index contributed by atoms with van der Waals surface area (Å²) in [6, 6.07) is 7.83. The second-order valence-electron chi connectivity index (χ2n) is 3.93. The first-order chi connectivity index (χ1) is 8.15. The fourth-order valence-corrected chi connectivity index (χ4v) is 2.65. The van der Waals surface area contributed by atoms with Crippen molar-refractivity contribution in [1.82, 2.24) is 4.98 Å². The highest BCUT2D eigenvalue weighted by atomic mass is 79.9. The Hall–Kier alpha value is -0.910. The van der Waals surface area contributed by atoms with Crippen LogP contribution < -0.4 is 5.32 Å². The summed E-state index contributed by atoms with van der Waals surface area (Å²) in [4.78, 5) is 4.27. The third-order valence-corrected chi connectivity index (χ3v) is 4.23. The molecule has 0 aliphatic rings. The van der Waals surface area contributed by atoms with Crippen LogP contribution in [-0.2, 0) is 5.54 Å². The van der Waals surface area contributed by atoms with Gasteiger partial charge < -0.3 is 10.4 Å². The van der Waals surface area contributed by atoms with Gasteiger partial charge in [0.05, 0.1) is 6.61 Å². The third kappa shape index (κ3) is 2.68. The number of hydrogen-bond acceptors (Lipinski definition) is 4. The summed E-state index contributed by atoms with van der Waals surface area (Å²) in [6.07, 6.45) is 1.75. The first-order valence-electron chi connectivity index (χ1n) is 5.19. The Morgan fingerprint density at radius 2 is 2.24 bits per heavy atom. The number of benzene rings is 1. The van der Waals surface area contributed by atoms with Crippen LogP contribution in [0.3, 0.4) is 0 Å². The van der Waals surface area contributed by atoms with Gasteiger partial charge in [-0.15, -0.1) is 11.3 Å². The molecular formula is C12H13BrN2OS. The number of nitrogens with zero attached hydrogens (tertiary/aromatic N) is 1. The van der Waals surface area contributed by atoms with Crippen molar-refractivity contribution in [1.29, 1.82) is 0 Å². The fraction of sp³-hybridized carbons (Fsp3) is 0.250. The van der Waals surface area contributed by atoms with E-state index in [1.807, 2.05) is 36.6 Å². The summed E-state index contributed by atoms with van der Waals surface area (Å²) in [5.41, 5.74) is 0.386. The summed E-state index contributed by atoms with van der Waals surface area (Å²) in [5.74, 6) is 0. The fourth-order valence-electron chi connectivity index (χ4n) is 1.52. The Labute approximate surface area is 113 Å². The van der Waals surface area contributed by atoms with E-state index in [1.165, 1.54) is 11.3 Å². The highest BCUT2D eigenvalue weighted by Gasteiger charge is 2.28.